The largest absolute Gasteiger partial charge is 0.381 e. The third kappa shape index (κ3) is 1.97. The van der Waals surface area contributed by atoms with Crippen LogP contribution in [-0.4, -0.2) is 26.0 Å². The predicted octanol–water partition coefficient (Wildman–Crippen LogP) is 1.75. The van der Waals surface area contributed by atoms with Crippen molar-refractivity contribution in [2.45, 2.75) is 6.92 Å². The second-order valence-electron chi connectivity index (χ2n) is 3.32. The molecule has 0 aliphatic rings. The Balaban J connectivity index is 2.56. The van der Waals surface area contributed by atoms with Gasteiger partial charge >= 0.3 is 0 Å². The molecule has 2 heterocycles. The lowest BCUT2D eigenvalue weighted by Gasteiger charge is -2.03. The number of anilines is 1. The van der Waals surface area contributed by atoms with Crippen molar-refractivity contribution >= 4 is 23.8 Å². The van der Waals surface area contributed by atoms with Crippen LogP contribution < -0.4 is 5.73 Å². The van der Waals surface area contributed by atoms with E-state index in [-0.39, 0.29) is 11.8 Å². The highest BCUT2D eigenvalue weighted by atomic mass is 19.1. The summed E-state index contributed by atoms with van der Waals surface area (Å²) in [7, 11) is 0. The fourth-order valence-electron chi connectivity index (χ4n) is 1.41. The molecule has 0 radical (unpaired) electrons. The standard InChI is InChI=1S/C11H11FN6/c1-3-9-8(14-4-2)6-16-18(9)11-15-5-7(12)10(13)17-11/h3-6H,1H2,2H3,(H2,13,15,17). The van der Waals surface area contributed by atoms with Gasteiger partial charge in [0, 0.05) is 6.21 Å². The first kappa shape index (κ1) is 11.9. The lowest BCUT2D eigenvalue weighted by molar-refractivity contribution is 0.615. The van der Waals surface area contributed by atoms with Crippen molar-refractivity contribution in [3.63, 3.8) is 0 Å². The summed E-state index contributed by atoms with van der Waals surface area (Å²) in [6.45, 7) is 5.46. The molecule has 6 nitrogen and oxygen atoms in total. The van der Waals surface area contributed by atoms with Crippen molar-refractivity contribution in [2.24, 2.45) is 4.99 Å². The highest BCUT2D eigenvalue weighted by Crippen LogP contribution is 2.21. The normalized spacial score (nSPS) is 11.0. The number of hydrogen-bond donors (Lipinski definition) is 1. The first-order valence-electron chi connectivity index (χ1n) is 5.15. The predicted molar refractivity (Wildman–Crippen MR) is 67.4 cm³/mol. The average molecular weight is 246 g/mol. The van der Waals surface area contributed by atoms with Gasteiger partial charge in [-0.05, 0) is 13.0 Å². The Morgan fingerprint density at radius 3 is 2.89 bits per heavy atom. The molecule has 0 bridgehead atoms. The summed E-state index contributed by atoms with van der Waals surface area (Å²) in [5.74, 6) is -0.731. The number of hydrogen-bond acceptors (Lipinski definition) is 5. The molecule has 0 aliphatic carbocycles. The van der Waals surface area contributed by atoms with E-state index in [9.17, 15) is 4.39 Å². The zero-order valence-corrected chi connectivity index (χ0v) is 9.71. The van der Waals surface area contributed by atoms with Crippen molar-refractivity contribution in [2.75, 3.05) is 5.73 Å². The molecule has 0 saturated heterocycles. The Labute approximate surface area is 103 Å². The maximum Gasteiger partial charge on any atom is 0.253 e. The Morgan fingerprint density at radius 2 is 2.28 bits per heavy atom. The van der Waals surface area contributed by atoms with Gasteiger partial charge in [-0.3, -0.25) is 4.99 Å². The van der Waals surface area contributed by atoms with Gasteiger partial charge in [0.1, 0.15) is 5.69 Å². The zero-order valence-electron chi connectivity index (χ0n) is 9.71. The van der Waals surface area contributed by atoms with E-state index < -0.39 is 5.82 Å². The molecule has 2 N–H and O–H groups in total. The molecule has 2 aromatic heterocycles. The van der Waals surface area contributed by atoms with E-state index in [1.165, 1.54) is 4.68 Å². The summed E-state index contributed by atoms with van der Waals surface area (Å²) in [4.78, 5) is 11.8. The number of aromatic nitrogens is 4. The molecule has 92 valence electrons. The van der Waals surface area contributed by atoms with Crippen LogP contribution in [0, 0.1) is 5.82 Å². The average Bonchev–Trinajstić information content (AvgIpc) is 2.76. The second-order valence-corrected chi connectivity index (χ2v) is 3.32. The van der Waals surface area contributed by atoms with E-state index in [0.717, 1.165) is 6.20 Å². The summed E-state index contributed by atoms with van der Waals surface area (Å²) in [5.41, 5.74) is 6.63. The van der Waals surface area contributed by atoms with Crippen molar-refractivity contribution in [3.8, 4) is 5.95 Å². The first-order valence-corrected chi connectivity index (χ1v) is 5.15. The molecular formula is C11H11FN6. The highest BCUT2D eigenvalue weighted by molar-refractivity contribution is 5.67. The SMILES string of the molecule is C=Cc1c(N=CC)cnn1-c1ncc(F)c(N)n1. The maximum atomic E-state index is 13.0. The fourth-order valence-corrected chi connectivity index (χ4v) is 1.41. The van der Waals surface area contributed by atoms with Crippen LogP contribution in [0.5, 0.6) is 0 Å². The molecule has 0 amide bonds. The van der Waals surface area contributed by atoms with Crippen LogP contribution in [-0.2, 0) is 0 Å². The molecule has 0 atom stereocenters. The Hall–Kier alpha value is -2.57. The van der Waals surface area contributed by atoms with Gasteiger partial charge in [-0.25, -0.2) is 9.37 Å². The van der Waals surface area contributed by atoms with Gasteiger partial charge in [-0.15, -0.1) is 0 Å². The number of nitrogens with zero attached hydrogens (tertiary/aromatic N) is 5. The number of aliphatic imine (C=N–C) groups is 1. The molecule has 2 rings (SSSR count). The van der Waals surface area contributed by atoms with Crippen LogP contribution >= 0.6 is 0 Å². The minimum atomic E-state index is -0.669. The number of nitrogens with two attached hydrogens (primary N) is 1. The molecule has 7 heteroatoms. The van der Waals surface area contributed by atoms with Gasteiger partial charge in [0.25, 0.3) is 5.95 Å². The monoisotopic (exact) mass is 246 g/mol. The minimum absolute atomic E-state index is 0.168. The topological polar surface area (TPSA) is 82.0 Å². The van der Waals surface area contributed by atoms with Gasteiger partial charge in [-0.2, -0.15) is 14.8 Å². The van der Waals surface area contributed by atoms with Crippen LogP contribution in [0.2, 0.25) is 0 Å². The number of nitrogen functional groups attached to an aromatic ring is 1. The summed E-state index contributed by atoms with van der Waals surface area (Å²) in [5, 5.41) is 4.08. The van der Waals surface area contributed by atoms with E-state index in [0.29, 0.717) is 11.4 Å². The molecule has 0 spiro atoms. The van der Waals surface area contributed by atoms with Crippen molar-refractivity contribution in [1.82, 2.24) is 19.7 Å². The molecule has 18 heavy (non-hydrogen) atoms. The zero-order chi connectivity index (χ0) is 13.1. The smallest absolute Gasteiger partial charge is 0.253 e. The van der Waals surface area contributed by atoms with Crippen molar-refractivity contribution in [1.29, 1.82) is 0 Å². The Kier molecular flexibility index (Phi) is 3.13. The molecule has 0 aliphatic heterocycles. The van der Waals surface area contributed by atoms with Gasteiger partial charge in [0.2, 0.25) is 0 Å². The summed E-state index contributed by atoms with van der Waals surface area (Å²) < 4.78 is 14.4. The molecule has 0 unspecified atom stereocenters. The second kappa shape index (κ2) is 4.74. The van der Waals surface area contributed by atoms with E-state index in [4.69, 9.17) is 5.73 Å². The highest BCUT2D eigenvalue weighted by Gasteiger charge is 2.12. The Morgan fingerprint density at radius 1 is 1.50 bits per heavy atom. The maximum absolute atomic E-state index is 13.0. The molecule has 0 saturated carbocycles. The lowest BCUT2D eigenvalue weighted by Crippen LogP contribution is -2.07. The third-order valence-corrected chi connectivity index (χ3v) is 2.20. The van der Waals surface area contributed by atoms with Crippen LogP contribution in [0.25, 0.3) is 12.0 Å². The van der Waals surface area contributed by atoms with Crippen LogP contribution in [0.15, 0.2) is 24.0 Å². The third-order valence-electron chi connectivity index (χ3n) is 2.20. The van der Waals surface area contributed by atoms with Crippen LogP contribution in [0.3, 0.4) is 0 Å². The minimum Gasteiger partial charge on any atom is -0.381 e. The van der Waals surface area contributed by atoms with E-state index in [1.54, 1.807) is 25.4 Å². The fraction of sp³-hybridized carbons (Fsp3) is 0.0909. The van der Waals surface area contributed by atoms with Gasteiger partial charge in [0.15, 0.2) is 11.6 Å². The number of halogens is 1. The molecule has 0 aromatic carbocycles. The van der Waals surface area contributed by atoms with E-state index in [2.05, 4.69) is 26.6 Å². The van der Waals surface area contributed by atoms with E-state index >= 15 is 0 Å². The quantitative estimate of drug-likeness (QED) is 0.836. The molecule has 0 fully saturated rings. The van der Waals surface area contributed by atoms with Crippen molar-refractivity contribution < 1.29 is 4.39 Å². The van der Waals surface area contributed by atoms with E-state index in [1.807, 2.05) is 0 Å². The van der Waals surface area contributed by atoms with Crippen molar-refractivity contribution in [3.05, 3.63) is 30.5 Å². The van der Waals surface area contributed by atoms with Gasteiger partial charge in [0.05, 0.1) is 18.1 Å². The summed E-state index contributed by atoms with van der Waals surface area (Å²) in [6, 6.07) is 0. The lowest BCUT2D eigenvalue weighted by atomic mass is 10.3. The van der Waals surface area contributed by atoms with Crippen LogP contribution in [0.1, 0.15) is 12.6 Å². The Bertz CT molecular complexity index is 616. The summed E-state index contributed by atoms with van der Waals surface area (Å²) >= 11 is 0. The molecule has 2 aromatic rings. The number of rotatable bonds is 3. The summed E-state index contributed by atoms with van der Waals surface area (Å²) in [6.07, 6.45) is 5.74. The van der Waals surface area contributed by atoms with Gasteiger partial charge < -0.3 is 5.73 Å². The molecular weight excluding hydrogens is 235 g/mol. The first-order chi connectivity index (χ1) is 8.67. The van der Waals surface area contributed by atoms with Crippen LogP contribution in [0.4, 0.5) is 15.9 Å². The van der Waals surface area contributed by atoms with Gasteiger partial charge in [-0.1, -0.05) is 6.58 Å².